The Balaban J connectivity index is 1.42. The highest BCUT2D eigenvalue weighted by Crippen LogP contribution is 2.46. The van der Waals surface area contributed by atoms with E-state index in [1.165, 1.54) is 35.5 Å². The smallest absolute Gasteiger partial charge is 0.322 e. The van der Waals surface area contributed by atoms with Crippen LogP contribution in [-0.4, -0.2) is 92.5 Å². The SMILES string of the molecule is CON=C(C(=O)NC1C(=O)N2CC(SC3CCOCC3)(C(=O)O)CS[C@H]12)c1csc(N)n1. The van der Waals surface area contributed by atoms with Gasteiger partial charge in [-0.2, -0.15) is 0 Å². The van der Waals surface area contributed by atoms with Crippen LogP contribution in [0.25, 0.3) is 0 Å². The van der Waals surface area contributed by atoms with Crippen LogP contribution >= 0.6 is 34.9 Å². The summed E-state index contributed by atoms with van der Waals surface area (Å²) in [5, 5.41) is 18.1. The number of β-lactam (4-membered cyclic amide) rings is 1. The van der Waals surface area contributed by atoms with Crippen molar-refractivity contribution in [3.8, 4) is 0 Å². The van der Waals surface area contributed by atoms with E-state index in [1.54, 1.807) is 5.38 Å². The van der Waals surface area contributed by atoms with Crippen molar-refractivity contribution in [2.75, 3.05) is 38.4 Å². The van der Waals surface area contributed by atoms with Crippen LogP contribution in [0.5, 0.6) is 0 Å². The van der Waals surface area contributed by atoms with Gasteiger partial charge in [-0.15, -0.1) is 34.9 Å². The molecule has 1 aromatic rings. The molecular formula is C18H23N5O6S3. The molecule has 32 heavy (non-hydrogen) atoms. The standard InChI is InChI=1S/C18H23N5O6S3/c1-28-22-11(10-6-30-17(19)20-10)13(24)21-12-14(25)23-7-18(16(26)27,8-31-15(12)23)32-9-2-4-29-5-3-9/h6,9,12,15H,2-5,7-8H2,1H3,(H2,19,20)(H,21,24)(H,26,27)/t12?,15-,18?/m1/s1. The number of thioether (sulfide) groups is 2. The lowest BCUT2D eigenvalue weighted by Crippen LogP contribution is -2.75. The number of hydrogen-bond acceptors (Lipinski definition) is 11. The van der Waals surface area contributed by atoms with Crippen molar-refractivity contribution in [3.05, 3.63) is 11.1 Å². The molecule has 2 unspecified atom stereocenters. The molecule has 3 aliphatic rings. The van der Waals surface area contributed by atoms with Gasteiger partial charge >= 0.3 is 5.97 Å². The van der Waals surface area contributed by atoms with E-state index in [0.717, 1.165) is 24.2 Å². The molecule has 0 spiro atoms. The predicted molar refractivity (Wildman–Crippen MR) is 122 cm³/mol. The van der Waals surface area contributed by atoms with Gasteiger partial charge in [-0.05, 0) is 12.8 Å². The Kier molecular flexibility index (Phi) is 6.83. The second kappa shape index (κ2) is 9.45. The maximum atomic E-state index is 12.8. The average molecular weight is 502 g/mol. The number of rotatable bonds is 7. The molecule has 0 aliphatic carbocycles. The van der Waals surface area contributed by atoms with Crippen LogP contribution in [0.15, 0.2) is 10.5 Å². The molecule has 4 N–H and O–H groups in total. The van der Waals surface area contributed by atoms with Gasteiger partial charge in [-0.3, -0.25) is 14.4 Å². The third-order valence-electron chi connectivity index (χ3n) is 5.45. The number of hydrogen-bond donors (Lipinski definition) is 3. The predicted octanol–water partition coefficient (Wildman–Crippen LogP) is 0.211. The molecule has 0 bridgehead atoms. The molecule has 0 saturated carbocycles. The second-order valence-corrected chi connectivity index (χ2v) is 11.2. The van der Waals surface area contributed by atoms with Crippen LogP contribution < -0.4 is 11.1 Å². The minimum Gasteiger partial charge on any atom is -0.480 e. The van der Waals surface area contributed by atoms with Gasteiger partial charge in [0.15, 0.2) is 10.8 Å². The minimum atomic E-state index is -1.07. The number of fused-ring (bicyclic) bond motifs is 1. The van der Waals surface area contributed by atoms with Crippen LogP contribution in [-0.2, 0) is 24.0 Å². The fraction of sp³-hybridized carbons (Fsp3) is 0.611. The van der Waals surface area contributed by atoms with Gasteiger partial charge < -0.3 is 30.6 Å². The number of anilines is 1. The van der Waals surface area contributed by atoms with E-state index in [2.05, 4.69) is 15.5 Å². The Morgan fingerprint density at radius 3 is 2.84 bits per heavy atom. The van der Waals surface area contributed by atoms with Crippen molar-refractivity contribution in [2.45, 2.75) is 34.3 Å². The third kappa shape index (κ3) is 4.40. The van der Waals surface area contributed by atoms with E-state index < -0.39 is 22.7 Å². The Morgan fingerprint density at radius 2 is 2.22 bits per heavy atom. The monoisotopic (exact) mass is 501 g/mol. The molecular weight excluding hydrogens is 478 g/mol. The Labute approximate surface area is 196 Å². The van der Waals surface area contributed by atoms with Crippen molar-refractivity contribution < 1.29 is 29.1 Å². The zero-order valence-corrected chi connectivity index (χ0v) is 19.6. The molecule has 3 saturated heterocycles. The summed E-state index contributed by atoms with van der Waals surface area (Å²) in [4.78, 5) is 48.1. The zero-order chi connectivity index (χ0) is 22.9. The lowest BCUT2D eigenvalue weighted by Gasteiger charge is -2.54. The number of ether oxygens (including phenoxy) is 1. The molecule has 174 valence electrons. The maximum Gasteiger partial charge on any atom is 0.322 e. The summed E-state index contributed by atoms with van der Waals surface area (Å²) < 4.78 is 4.29. The van der Waals surface area contributed by atoms with Gasteiger partial charge in [0.25, 0.3) is 5.91 Å². The highest BCUT2D eigenvalue weighted by Gasteiger charge is 2.58. The van der Waals surface area contributed by atoms with Gasteiger partial charge in [-0.1, -0.05) is 5.16 Å². The van der Waals surface area contributed by atoms with Crippen molar-refractivity contribution in [2.24, 2.45) is 5.16 Å². The van der Waals surface area contributed by atoms with E-state index in [-0.39, 0.29) is 39.6 Å². The Bertz CT molecular complexity index is 936. The highest BCUT2D eigenvalue weighted by molar-refractivity contribution is 8.05. The lowest BCUT2D eigenvalue weighted by atomic mass is 10.0. The van der Waals surface area contributed by atoms with Gasteiger partial charge in [0, 0.05) is 36.1 Å². The normalized spacial score (nSPS) is 28.6. The second-order valence-electron chi connectivity index (χ2n) is 7.54. The first-order valence-corrected chi connectivity index (χ1v) is 12.7. The number of thiazole rings is 1. The highest BCUT2D eigenvalue weighted by atomic mass is 32.2. The molecule has 0 aromatic carbocycles. The maximum absolute atomic E-state index is 12.8. The first kappa shape index (κ1) is 23.1. The first-order valence-electron chi connectivity index (χ1n) is 9.89. The van der Waals surface area contributed by atoms with E-state index in [1.807, 2.05) is 0 Å². The summed E-state index contributed by atoms with van der Waals surface area (Å²) >= 11 is 3.95. The van der Waals surface area contributed by atoms with Gasteiger partial charge in [0.2, 0.25) is 5.91 Å². The summed E-state index contributed by atoms with van der Waals surface area (Å²) in [5.74, 6) is -1.51. The largest absolute Gasteiger partial charge is 0.480 e. The number of carboxylic acid groups (broad SMARTS) is 1. The molecule has 4 heterocycles. The summed E-state index contributed by atoms with van der Waals surface area (Å²) in [5.41, 5.74) is 5.81. The summed E-state index contributed by atoms with van der Waals surface area (Å²) in [7, 11) is 1.30. The molecule has 2 amide bonds. The molecule has 3 fully saturated rings. The Morgan fingerprint density at radius 1 is 1.47 bits per heavy atom. The lowest BCUT2D eigenvalue weighted by molar-refractivity contribution is -0.151. The number of amides is 2. The topological polar surface area (TPSA) is 156 Å². The number of nitrogens with zero attached hydrogens (tertiary/aromatic N) is 3. The number of nitrogens with two attached hydrogens (primary N) is 1. The van der Waals surface area contributed by atoms with E-state index in [4.69, 9.17) is 15.3 Å². The van der Waals surface area contributed by atoms with E-state index in [9.17, 15) is 19.5 Å². The average Bonchev–Trinajstić information content (AvgIpc) is 3.22. The van der Waals surface area contributed by atoms with E-state index >= 15 is 0 Å². The van der Waals surface area contributed by atoms with Crippen LogP contribution in [0.2, 0.25) is 0 Å². The zero-order valence-electron chi connectivity index (χ0n) is 17.2. The van der Waals surface area contributed by atoms with Crippen LogP contribution in [0.1, 0.15) is 18.5 Å². The summed E-state index contributed by atoms with van der Waals surface area (Å²) in [6, 6.07) is -0.773. The van der Waals surface area contributed by atoms with E-state index in [0.29, 0.717) is 19.0 Å². The molecule has 4 rings (SSSR count). The first-order chi connectivity index (χ1) is 15.3. The number of aromatic nitrogens is 1. The van der Waals surface area contributed by atoms with Crippen molar-refractivity contribution in [3.63, 3.8) is 0 Å². The van der Waals surface area contributed by atoms with Crippen molar-refractivity contribution in [1.29, 1.82) is 0 Å². The number of carbonyl (C=O) groups is 3. The summed E-state index contributed by atoms with van der Waals surface area (Å²) in [6.45, 7) is 1.35. The van der Waals surface area contributed by atoms with Gasteiger partial charge in [0.1, 0.15) is 29.0 Å². The summed E-state index contributed by atoms with van der Waals surface area (Å²) in [6.07, 6.45) is 1.59. The third-order valence-corrected chi connectivity index (χ3v) is 9.54. The number of nitrogens with one attached hydrogen (secondary N) is 1. The fourth-order valence-electron chi connectivity index (χ4n) is 3.82. The van der Waals surface area contributed by atoms with Crippen molar-refractivity contribution in [1.82, 2.24) is 15.2 Å². The number of oxime groups is 1. The van der Waals surface area contributed by atoms with Gasteiger partial charge in [-0.25, -0.2) is 4.98 Å². The molecule has 3 atom stereocenters. The molecule has 1 aromatic heterocycles. The van der Waals surface area contributed by atoms with Crippen LogP contribution in [0.4, 0.5) is 5.13 Å². The quantitative estimate of drug-likeness (QED) is 0.268. The fourth-order valence-corrected chi connectivity index (χ4v) is 7.61. The number of carbonyl (C=O) groups excluding carboxylic acids is 2. The van der Waals surface area contributed by atoms with Crippen molar-refractivity contribution >= 4 is 63.5 Å². The molecule has 11 nitrogen and oxygen atoms in total. The molecule has 3 aliphatic heterocycles. The Hall–Kier alpha value is -2.03. The number of carboxylic acids is 1. The number of aliphatic carboxylic acids is 1. The molecule has 0 radical (unpaired) electrons. The number of nitrogen functional groups attached to an aromatic ring is 1. The van der Waals surface area contributed by atoms with Crippen LogP contribution in [0.3, 0.4) is 0 Å². The van der Waals surface area contributed by atoms with Crippen LogP contribution in [0, 0.1) is 0 Å². The van der Waals surface area contributed by atoms with Gasteiger partial charge in [0.05, 0.1) is 0 Å². The minimum absolute atomic E-state index is 0.0811. The molecule has 14 heteroatoms.